The molecule has 29 heavy (non-hydrogen) atoms. The van der Waals surface area contributed by atoms with Crippen molar-refractivity contribution in [3.63, 3.8) is 0 Å². The van der Waals surface area contributed by atoms with Gasteiger partial charge in [-0.1, -0.05) is 18.2 Å². The standard InChI is InChI=1S/C21H19N3O5/c1-27-16-4-2-3-15(10-16)17-6-8-21(26)24(23-17)12-20(25)22-11-14-5-7-18-19(9-14)29-13-28-18/h2-10H,11-13H2,1H3,(H,22,25). The Bertz CT molecular complexity index is 1110. The maximum atomic E-state index is 12.3. The molecule has 0 aliphatic carbocycles. The number of rotatable bonds is 6. The van der Waals surface area contributed by atoms with Gasteiger partial charge in [-0.25, -0.2) is 4.68 Å². The summed E-state index contributed by atoms with van der Waals surface area (Å²) in [5.41, 5.74) is 1.88. The molecule has 4 rings (SSSR count). The fourth-order valence-corrected chi connectivity index (χ4v) is 2.94. The van der Waals surface area contributed by atoms with Crippen molar-refractivity contribution in [1.29, 1.82) is 0 Å². The molecular weight excluding hydrogens is 374 g/mol. The average Bonchev–Trinajstić information content (AvgIpc) is 3.22. The maximum Gasteiger partial charge on any atom is 0.267 e. The molecule has 1 aliphatic rings. The number of amides is 1. The molecule has 0 spiro atoms. The Morgan fingerprint density at radius 2 is 2.00 bits per heavy atom. The van der Waals surface area contributed by atoms with Gasteiger partial charge < -0.3 is 19.5 Å². The average molecular weight is 393 g/mol. The van der Waals surface area contributed by atoms with Crippen LogP contribution in [0.15, 0.2) is 59.4 Å². The van der Waals surface area contributed by atoms with Crippen LogP contribution in [0.1, 0.15) is 5.56 Å². The summed E-state index contributed by atoms with van der Waals surface area (Å²) in [4.78, 5) is 24.5. The van der Waals surface area contributed by atoms with E-state index in [0.29, 0.717) is 29.5 Å². The second kappa shape index (κ2) is 8.05. The summed E-state index contributed by atoms with van der Waals surface area (Å²) in [6, 6.07) is 15.8. The highest BCUT2D eigenvalue weighted by atomic mass is 16.7. The van der Waals surface area contributed by atoms with Gasteiger partial charge >= 0.3 is 0 Å². The fraction of sp³-hybridized carbons (Fsp3) is 0.190. The zero-order valence-corrected chi connectivity index (χ0v) is 15.8. The summed E-state index contributed by atoms with van der Waals surface area (Å²) in [6.07, 6.45) is 0. The number of ether oxygens (including phenoxy) is 3. The van der Waals surface area contributed by atoms with E-state index in [1.807, 2.05) is 36.4 Å². The lowest BCUT2D eigenvalue weighted by molar-refractivity contribution is -0.122. The van der Waals surface area contributed by atoms with Gasteiger partial charge in [-0.3, -0.25) is 9.59 Å². The number of aromatic nitrogens is 2. The van der Waals surface area contributed by atoms with E-state index in [1.165, 1.54) is 6.07 Å². The summed E-state index contributed by atoms with van der Waals surface area (Å²) in [6.45, 7) is 0.324. The summed E-state index contributed by atoms with van der Waals surface area (Å²) in [5.74, 6) is 1.70. The van der Waals surface area contributed by atoms with E-state index in [1.54, 1.807) is 19.2 Å². The fourth-order valence-electron chi connectivity index (χ4n) is 2.94. The quantitative estimate of drug-likeness (QED) is 0.688. The SMILES string of the molecule is COc1cccc(-c2ccc(=O)n(CC(=O)NCc3ccc4c(c3)OCO4)n2)c1. The number of methoxy groups -OCH3 is 1. The molecule has 0 saturated carbocycles. The first-order valence-corrected chi connectivity index (χ1v) is 9.00. The van der Waals surface area contributed by atoms with E-state index < -0.39 is 0 Å². The van der Waals surface area contributed by atoms with Crippen molar-refractivity contribution in [2.24, 2.45) is 0 Å². The summed E-state index contributed by atoms with van der Waals surface area (Å²) in [7, 11) is 1.58. The molecule has 1 aromatic heterocycles. The molecule has 8 heteroatoms. The highest BCUT2D eigenvalue weighted by Crippen LogP contribution is 2.32. The molecule has 2 aromatic carbocycles. The number of hydrogen-bond donors (Lipinski definition) is 1. The van der Waals surface area contributed by atoms with Crippen LogP contribution in [0.3, 0.4) is 0 Å². The van der Waals surface area contributed by atoms with Gasteiger partial charge in [0.25, 0.3) is 5.56 Å². The second-order valence-corrected chi connectivity index (χ2v) is 6.41. The second-order valence-electron chi connectivity index (χ2n) is 6.41. The van der Waals surface area contributed by atoms with E-state index in [-0.39, 0.29) is 24.8 Å². The lowest BCUT2D eigenvalue weighted by Gasteiger charge is -2.09. The van der Waals surface area contributed by atoms with E-state index >= 15 is 0 Å². The first kappa shape index (κ1) is 18.5. The molecule has 0 bridgehead atoms. The number of benzene rings is 2. The van der Waals surface area contributed by atoms with Gasteiger partial charge in [0, 0.05) is 18.2 Å². The van der Waals surface area contributed by atoms with Crippen LogP contribution in [0.4, 0.5) is 0 Å². The molecule has 1 N–H and O–H groups in total. The Kier molecular flexibility index (Phi) is 5.15. The molecule has 0 atom stereocenters. The first-order chi connectivity index (χ1) is 14.1. The normalized spacial score (nSPS) is 11.9. The summed E-state index contributed by atoms with van der Waals surface area (Å²) < 4.78 is 17.0. The molecule has 148 valence electrons. The molecule has 0 unspecified atom stereocenters. The highest BCUT2D eigenvalue weighted by Gasteiger charge is 2.14. The van der Waals surface area contributed by atoms with Crippen molar-refractivity contribution in [1.82, 2.24) is 15.1 Å². The first-order valence-electron chi connectivity index (χ1n) is 9.00. The number of carbonyl (C=O) groups excluding carboxylic acids is 1. The minimum absolute atomic E-state index is 0.179. The Morgan fingerprint density at radius 1 is 1.14 bits per heavy atom. The van der Waals surface area contributed by atoms with E-state index in [0.717, 1.165) is 15.8 Å². The zero-order valence-electron chi connectivity index (χ0n) is 15.8. The van der Waals surface area contributed by atoms with E-state index in [4.69, 9.17) is 14.2 Å². The van der Waals surface area contributed by atoms with Crippen LogP contribution in [-0.4, -0.2) is 29.6 Å². The molecule has 1 amide bonds. The van der Waals surface area contributed by atoms with Crippen LogP contribution in [-0.2, 0) is 17.9 Å². The molecule has 1 aliphatic heterocycles. The van der Waals surface area contributed by atoms with Gasteiger partial charge in [-0.2, -0.15) is 5.10 Å². The Labute approximate surface area is 166 Å². The monoisotopic (exact) mass is 393 g/mol. The number of hydrogen-bond acceptors (Lipinski definition) is 6. The largest absolute Gasteiger partial charge is 0.497 e. The van der Waals surface area contributed by atoms with Crippen LogP contribution < -0.4 is 25.1 Å². The topological polar surface area (TPSA) is 91.7 Å². The van der Waals surface area contributed by atoms with E-state index in [9.17, 15) is 9.59 Å². The van der Waals surface area contributed by atoms with Crippen LogP contribution in [0.5, 0.6) is 17.2 Å². The number of nitrogens with zero attached hydrogens (tertiary/aromatic N) is 2. The lowest BCUT2D eigenvalue weighted by atomic mass is 10.1. The van der Waals surface area contributed by atoms with Gasteiger partial charge in [-0.15, -0.1) is 0 Å². The Morgan fingerprint density at radius 3 is 2.86 bits per heavy atom. The maximum absolute atomic E-state index is 12.3. The lowest BCUT2D eigenvalue weighted by Crippen LogP contribution is -2.33. The third kappa shape index (κ3) is 4.21. The Balaban J connectivity index is 1.44. The van der Waals surface area contributed by atoms with Gasteiger partial charge in [0.1, 0.15) is 12.3 Å². The number of nitrogens with one attached hydrogen (secondary N) is 1. The molecule has 8 nitrogen and oxygen atoms in total. The Hall–Kier alpha value is -3.81. The highest BCUT2D eigenvalue weighted by molar-refractivity contribution is 5.75. The minimum atomic E-state index is -0.352. The smallest absolute Gasteiger partial charge is 0.267 e. The molecule has 0 fully saturated rings. The van der Waals surface area contributed by atoms with Gasteiger partial charge in [0.2, 0.25) is 12.7 Å². The van der Waals surface area contributed by atoms with Crippen molar-refractivity contribution in [2.75, 3.05) is 13.9 Å². The predicted octanol–water partition coefficient (Wildman–Crippen LogP) is 1.96. The molecule has 0 saturated heterocycles. The van der Waals surface area contributed by atoms with Crippen LogP contribution in [0, 0.1) is 0 Å². The van der Waals surface area contributed by atoms with Crippen LogP contribution in [0.2, 0.25) is 0 Å². The minimum Gasteiger partial charge on any atom is -0.497 e. The summed E-state index contributed by atoms with van der Waals surface area (Å²) in [5, 5.41) is 7.10. The molecule has 0 radical (unpaired) electrons. The van der Waals surface area contributed by atoms with Crippen LogP contribution >= 0.6 is 0 Å². The van der Waals surface area contributed by atoms with Crippen molar-refractivity contribution < 1.29 is 19.0 Å². The molecule has 2 heterocycles. The predicted molar refractivity (Wildman–Crippen MR) is 105 cm³/mol. The molecular formula is C21H19N3O5. The van der Waals surface area contributed by atoms with Crippen LogP contribution in [0.25, 0.3) is 11.3 Å². The van der Waals surface area contributed by atoms with Crippen molar-refractivity contribution >= 4 is 5.91 Å². The number of fused-ring (bicyclic) bond motifs is 1. The molecule has 3 aromatic rings. The van der Waals surface area contributed by atoms with Gasteiger partial charge in [0.05, 0.1) is 12.8 Å². The third-order valence-corrected chi connectivity index (χ3v) is 4.45. The third-order valence-electron chi connectivity index (χ3n) is 4.45. The van der Waals surface area contributed by atoms with Gasteiger partial charge in [0.15, 0.2) is 11.5 Å². The van der Waals surface area contributed by atoms with E-state index in [2.05, 4.69) is 10.4 Å². The zero-order chi connectivity index (χ0) is 20.2. The van der Waals surface area contributed by atoms with Crippen molar-refractivity contribution in [3.8, 4) is 28.5 Å². The number of carbonyl (C=O) groups is 1. The summed E-state index contributed by atoms with van der Waals surface area (Å²) >= 11 is 0. The van der Waals surface area contributed by atoms with Crippen molar-refractivity contribution in [3.05, 3.63) is 70.5 Å². The van der Waals surface area contributed by atoms with Gasteiger partial charge in [-0.05, 0) is 35.9 Å². The van der Waals surface area contributed by atoms with Crippen molar-refractivity contribution in [2.45, 2.75) is 13.1 Å².